The van der Waals surface area contributed by atoms with Gasteiger partial charge in [0.2, 0.25) is 0 Å². The molecule has 138 valence electrons. The summed E-state index contributed by atoms with van der Waals surface area (Å²) in [6.07, 6.45) is 9.47. The third-order valence-electron chi connectivity index (χ3n) is 4.89. The summed E-state index contributed by atoms with van der Waals surface area (Å²) in [5, 5.41) is 2.96. The fourth-order valence-electron chi connectivity index (χ4n) is 3.18. The second-order valence-corrected chi connectivity index (χ2v) is 6.90. The molecule has 0 fully saturated rings. The number of nitrogens with one attached hydrogen (secondary N) is 1. The molecule has 0 bridgehead atoms. The molecule has 0 heterocycles. The van der Waals surface area contributed by atoms with E-state index in [1.54, 1.807) is 6.08 Å². The minimum absolute atomic E-state index is 0.165. The second-order valence-electron chi connectivity index (χ2n) is 6.90. The molecular weight excluding hydrogens is 320 g/mol. The first-order chi connectivity index (χ1) is 12.5. The summed E-state index contributed by atoms with van der Waals surface area (Å²) in [5.74, 6) is 0.0999. The van der Waals surface area contributed by atoms with Gasteiger partial charge in [-0.3, -0.25) is 9.79 Å². The molecule has 1 atom stereocenters. The van der Waals surface area contributed by atoms with Crippen molar-refractivity contribution in [3.63, 3.8) is 0 Å². The second kappa shape index (κ2) is 9.33. The Morgan fingerprint density at radius 3 is 2.69 bits per heavy atom. The molecule has 3 heteroatoms. The number of hydrogen-bond acceptors (Lipinski definition) is 2. The highest BCUT2D eigenvalue weighted by atomic mass is 16.2. The van der Waals surface area contributed by atoms with Crippen LogP contribution < -0.4 is 5.32 Å². The van der Waals surface area contributed by atoms with Crippen molar-refractivity contribution in [2.45, 2.75) is 53.9 Å². The van der Waals surface area contributed by atoms with Crippen LogP contribution >= 0.6 is 0 Å². The molecule has 0 aliphatic heterocycles. The van der Waals surface area contributed by atoms with E-state index < -0.39 is 0 Å². The van der Waals surface area contributed by atoms with Gasteiger partial charge in [-0.15, -0.1) is 0 Å². The monoisotopic (exact) mass is 350 g/mol. The lowest BCUT2D eigenvalue weighted by Gasteiger charge is -2.21. The zero-order valence-corrected chi connectivity index (χ0v) is 16.6. The van der Waals surface area contributed by atoms with E-state index in [9.17, 15) is 4.79 Å². The minimum atomic E-state index is -0.165. The minimum Gasteiger partial charge on any atom is -0.320 e. The Bertz CT molecular complexity index is 781. The average Bonchev–Trinajstić information content (AvgIpc) is 2.63. The zero-order valence-electron chi connectivity index (χ0n) is 16.6. The predicted molar refractivity (Wildman–Crippen MR) is 112 cm³/mol. The molecule has 0 aromatic heterocycles. The van der Waals surface area contributed by atoms with Crippen molar-refractivity contribution in [2.75, 3.05) is 5.32 Å². The van der Waals surface area contributed by atoms with E-state index in [-0.39, 0.29) is 11.8 Å². The fourth-order valence-corrected chi connectivity index (χ4v) is 3.18. The summed E-state index contributed by atoms with van der Waals surface area (Å²) >= 11 is 0. The van der Waals surface area contributed by atoms with Crippen molar-refractivity contribution < 1.29 is 4.79 Å². The molecular formula is C23H30N2O. The van der Waals surface area contributed by atoms with Crippen molar-refractivity contribution >= 4 is 17.3 Å². The van der Waals surface area contributed by atoms with Crippen LogP contribution in [-0.2, 0) is 4.79 Å². The lowest BCUT2D eigenvalue weighted by atomic mass is 9.85. The van der Waals surface area contributed by atoms with Gasteiger partial charge in [-0.1, -0.05) is 60.9 Å². The number of hydrogen-bond donors (Lipinski definition) is 1. The molecule has 3 nitrogen and oxygen atoms in total. The van der Waals surface area contributed by atoms with Crippen LogP contribution in [-0.4, -0.2) is 11.6 Å². The smallest absolute Gasteiger partial charge is 0.273 e. The zero-order chi connectivity index (χ0) is 19.1. The molecule has 0 saturated carbocycles. The van der Waals surface area contributed by atoms with E-state index in [1.165, 1.54) is 11.1 Å². The quantitative estimate of drug-likeness (QED) is 0.497. The van der Waals surface area contributed by atoms with Gasteiger partial charge in [0.15, 0.2) is 0 Å². The molecule has 0 radical (unpaired) electrons. The molecule has 26 heavy (non-hydrogen) atoms. The van der Waals surface area contributed by atoms with Gasteiger partial charge in [-0.25, -0.2) is 0 Å². The van der Waals surface area contributed by atoms with Crippen LogP contribution in [0.3, 0.4) is 0 Å². The third kappa shape index (κ3) is 5.04. The highest BCUT2D eigenvalue weighted by Gasteiger charge is 2.18. The van der Waals surface area contributed by atoms with Crippen LogP contribution in [0.5, 0.6) is 0 Å². The molecule has 0 spiro atoms. The van der Waals surface area contributed by atoms with Crippen LogP contribution in [0.4, 0.5) is 5.69 Å². The van der Waals surface area contributed by atoms with E-state index in [1.807, 2.05) is 45.0 Å². The van der Waals surface area contributed by atoms with Gasteiger partial charge < -0.3 is 5.32 Å². The SMILES string of the molecule is C/C=C(\N=C(C)C1C=CC(C)=C(CCC)C1)C(=O)Nc1ccccc1C. The fraction of sp³-hybridized carbons (Fsp3) is 0.391. The molecule has 0 saturated heterocycles. The standard InChI is InChI=1S/C23H30N2O/c1-6-10-19-15-20(14-13-16(19)3)18(5)24-21(7-2)23(26)25-22-12-9-8-11-17(22)4/h7-9,11-14,20H,6,10,15H2,1-5H3,(H,25,26)/b21-7-,24-18?. The number of nitrogens with zero attached hydrogens (tertiary/aromatic N) is 1. The van der Waals surface area contributed by atoms with Crippen LogP contribution in [0, 0.1) is 12.8 Å². The topological polar surface area (TPSA) is 41.5 Å². The number of carbonyl (C=O) groups excluding carboxylic acids is 1. The number of rotatable bonds is 6. The molecule has 1 unspecified atom stereocenters. The molecule has 1 amide bonds. The predicted octanol–water partition coefficient (Wildman–Crippen LogP) is 5.99. The summed E-state index contributed by atoms with van der Waals surface area (Å²) < 4.78 is 0. The largest absolute Gasteiger partial charge is 0.320 e. The Morgan fingerprint density at radius 1 is 1.31 bits per heavy atom. The highest BCUT2D eigenvalue weighted by molar-refractivity contribution is 6.05. The molecule has 1 aliphatic rings. The van der Waals surface area contributed by atoms with Gasteiger partial charge in [-0.2, -0.15) is 0 Å². The number of aryl methyl sites for hydroxylation is 1. The highest BCUT2D eigenvalue weighted by Crippen LogP contribution is 2.28. The van der Waals surface area contributed by atoms with Crippen molar-refractivity contribution in [1.82, 2.24) is 0 Å². The van der Waals surface area contributed by atoms with E-state index in [0.717, 1.165) is 36.2 Å². The average molecular weight is 351 g/mol. The van der Waals surface area contributed by atoms with Crippen LogP contribution in [0.15, 0.2) is 64.3 Å². The molecule has 1 aliphatic carbocycles. The lowest BCUT2D eigenvalue weighted by Crippen LogP contribution is -2.18. The van der Waals surface area contributed by atoms with Gasteiger partial charge in [0.05, 0.1) is 0 Å². The van der Waals surface area contributed by atoms with Crippen molar-refractivity contribution in [3.05, 3.63) is 64.9 Å². The van der Waals surface area contributed by atoms with Crippen molar-refractivity contribution in [1.29, 1.82) is 0 Å². The molecule has 2 rings (SSSR count). The van der Waals surface area contributed by atoms with Crippen LogP contribution in [0.1, 0.15) is 52.5 Å². The molecule has 1 aromatic carbocycles. The number of aliphatic imine (C=N–C) groups is 1. The maximum absolute atomic E-state index is 12.6. The van der Waals surface area contributed by atoms with Gasteiger partial charge in [0, 0.05) is 17.3 Å². The maximum atomic E-state index is 12.6. The van der Waals surface area contributed by atoms with Gasteiger partial charge in [0.1, 0.15) is 5.70 Å². The number of allylic oxidation sites excluding steroid dienone is 5. The van der Waals surface area contributed by atoms with E-state index >= 15 is 0 Å². The first-order valence-corrected chi connectivity index (χ1v) is 9.41. The summed E-state index contributed by atoms with van der Waals surface area (Å²) in [7, 11) is 0. The maximum Gasteiger partial charge on any atom is 0.273 e. The van der Waals surface area contributed by atoms with Gasteiger partial charge in [-0.05, 0) is 52.2 Å². The lowest BCUT2D eigenvalue weighted by molar-refractivity contribution is -0.112. The third-order valence-corrected chi connectivity index (χ3v) is 4.89. The summed E-state index contributed by atoms with van der Waals surface area (Å²) in [4.78, 5) is 17.3. The van der Waals surface area contributed by atoms with Crippen molar-refractivity contribution in [2.24, 2.45) is 10.9 Å². The number of anilines is 1. The normalized spacial score (nSPS) is 18.3. The number of para-hydroxylation sites is 1. The van der Waals surface area contributed by atoms with Crippen molar-refractivity contribution in [3.8, 4) is 0 Å². The van der Waals surface area contributed by atoms with E-state index in [0.29, 0.717) is 5.70 Å². The molecule has 1 aromatic rings. The van der Waals surface area contributed by atoms with E-state index in [2.05, 4.69) is 36.3 Å². The van der Waals surface area contributed by atoms with Crippen LogP contribution in [0.2, 0.25) is 0 Å². The van der Waals surface area contributed by atoms with Gasteiger partial charge >= 0.3 is 0 Å². The Morgan fingerprint density at radius 2 is 2.04 bits per heavy atom. The summed E-state index contributed by atoms with van der Waals surface area (Å²) in [6.45, 7) is 10.2. The number of benzene rings is 1. The number of amides is 1. The van der Waals surface area contributed by atoms with E-state index in [4.69, 9.17) is 0 Å². The summed E-state index contributed by atoms with van der Waals surface area (Å²) in [5.41, 5.74) is 6.18. The summed E-state index contributed by atoms with van der Waals surface area (Å²) in [6, 6.07) is 7.77. The number of carbonyl (C=O) groups is 1. The van der Waals surface area contributed by atoms with Gasteiger partial charge in [0.25, 0.3) is 5.91 Å². The Balaban J connectivity index is 2.12. The molecule has 1 N–H and O–H groups in total. The van der Waals surface area contributed by atoms with Crippen LogP contribution in [0.25, 0.3) is 0 Å². The first-order valence-electron chi connectivity index (χ1n) is 9.41. The Kier molecular flexibility index (Phi) is 7.14. The first kappa shape index (κ1) is 19.9. The Labute approximate surface area is 157 Å². The Hall–Kier alpha value is -2.42.